The molecule has 0 aliphatic carbocycles. The Morgan fingerprint density at radius 1 is 1.28 bits per heavy atom. The van der Waals surface area contributed by atoms with E-state index in [4.69, 9.17) is 11.6 Å². The van der Waals surface area contributed by atoms with Crippen LogP contribution < -0.4 is 5.32 Å². The minimum absolute atomic E-state index is 0.0975. The number of hydrogen-bond acceptors (Lipinski definition) is 3. The molecule has 0 saturated heterocycles. The van der Waals surface area contributed by atoms with E-state index >= 15 is 0 Å². The molecule has 3 aromatic rings. The summed E-state index contributed by atoms with van der Waals surface area (Å²) in [7, 11) is 1.23. The number of allylic oxidation sites excluding steroid dienone is 1. The third-order valence-electron chi connectivity index (χ3n) is 3.82. The summed E-state index contributed by atoms with van der Waals surface area (Å²) in [6.07, 6.45) is -0.921. The smallest absolute Gasteiger partial charge is 0.383 e. The Morgan fingerprint density at radius 3 is 2.64 bits per heavy atom. The van der Waals surface area contributed by atoms with Crippen molar-refractivity contribution in [1.82, 2.24) is 25.5 Å². The monoisotopic (exact) mass is 369 g/mol. The highest BCUT2D eigenvalue weighted by Crippen LogP contribution is 2.36. The van der Waals surface area contributed by atoms with Gasteiger partial charge in [0.05, 0.1) is 22.3 Å². The van der Waals surface area contributed by atoms with Crippen molar-refractivity contribution in [3.8, 4) is 0 Å². The van der Waals surface area contributed by atoms with Crippen molar-refractivity contribution >= 4 is 28.1 Å². The van der Waals surface area contributed by atoms with Crippen molar-refractivity contribution in [2.75, 3.05) is 7.05 Å². The van der Waals surface area contributed by atoms with E-state index < -0.39 is 11.9 Å². The summed E-state index contributed by atoms with van der Waals surface area (Å²) in [5.74, 6) is 0.123. The quantitative estimate of drug-likeness (QED) is 0.650. The number of hydrogen-bond donors (Lipinski definition) is 3. The molecule has 132 valence electrons. The molecule has 0 unspecified atom stereocenters. The zero-order valence-electron chi connectivity index (χ0n) is 13.4. The van der Waals surface area contributed by atoms with Crippen LogP contribution >= 0.6 is 11.6 Å². The Morgan fingerprint density at radius 2 is 2.04 bits per heavy atom. The van der Waals surface area contributed by atoms with Crippen LogP contribution in [0, 0.1) is 0 Å². The third-order valence-corrected chi connectivity index (χ3v) is 4.12. The molecular formula is C16H15ClF3N5. The van der Waals surface area contributed by atoms with Gasteiger partial charge in [-0.05, 0) is 24.1 Å². The van der Waals surface area contributed by atoms with Crippen LogP contribution in [0.1, 0.15) is 24.0 Å². The van der Waals surface area contributed by atoms with Gasteiger partial charge >= 0.3 is 6.18 Å². The van der Waals surface area contributed by atoms with Crippen molar-refractivity contribution in [3.05, 3.63) is 52.3 Å². The zero-order valence-corrected chi connectivity index (χ0v) is 14.2. The van der Waals surface area contributed by atoms with Gasteiger partial charge < -0.3 is 10.3 Å². The molecule has 0 aliphatic rings. The first-order chi connectivity index (χ1) is 11.8. The lowest BCUT2D eigenvalue weighted by atomic mass is 10.0. The zero-order chi connectivity index (χ0) is 18.2. The van der Waals surface area contributed by atoms with E-state index in [9.17, 15) is 13.2 Å². The number of rotatable bonds is 4. The Kier molecular flexibility index (Phi) is 4.47. The third kappa shape index (κ3) is 3.21. The van der Waals surface area contributed by atoms with Gasteiger partial charge in [-0.25, -0.2) is 4.98 Å². The maximum atomic E-state index is 13.6. The van der Waals surface area contributed by atoms with Gasteiger partial charge in [0.15, 0.2) is 0 Å². The van der Waals surface area contributed by atoms with Crippen LogP contribution in [0.25, 0.3) is 16.5 Å². The molecule has 0 aliphatic heterocycles. The fraction of sp³-hybridized carbons (Fsp3) is 0.250. The number of benzene rings is 1. The Balaban J connectivity index is 2.31. The number of aromatic nitrogens is 4. The van der Waals surface area contributed by atoms with Gasteiger partial charge in [0.1, 0.15) is 11.5 Å². The normalized spacial score (nSPS) is 13.2. The lowest BCUT2D eigenvalue weighted by Crippen LogP contribution is -2.25. The predicted octanol–water partition coefficient (Wildman–Crippen LogP) is 4.04. The molecule has 3 N–H and O–H groups in total. The van der Waals surface area contributed by atoms with Crippen molar-refractivity contribution in [2.24, 2.45) is 0 Å². The maximum Gasteiger partial charge on any atom is 0.431 e. The minimum atomic E-state index is -4.58. The lowest BCUT2D eigenvalue weighted by Gasteiger charge is -2.17. The molecule has 3 rings (SSSR count). The van der Waals surface area contributed by atoms with Gasteiger partial charge in [0.25, 0.3) is 0 Å². The number of alkyl halides is 3. The summed E-state index contributed by atoms with van der Waals surface area (Å²) in [6.45, 7) is 1.89. The molecule has 5 nitrogen and oxygen atoms in total. The summed E-state index contributed by atoms with van der Waals surface area (Å²) >= 11 is 6.20. The SMILES string of the molecule is CCc1cnc(/C(=C(\NC)C(F)(F)F)c2cc(Cl)c3[nH]ncc3c2)[nH]1. The first-order valence-electron chi connectivity index (χ1n) is 7.51. The fourth-order valence-corrected chi connectivity index (χ4v) is 2.90. The molecule has 9 heteroatoms. The van der Waals surface area contributed by atoms with Crippen molar-refractivity contribution in [3.63, 3.8) is 0 Å². The Hall–Kier alpha value is -2.48. The van der Waals surface area contributed by atoms with E-state index in [0.717, 1.165) is 5.69 Å². The highest BCUT2D eigenvalue weighted by molar-refractivity contribution is 6.35. The molecule has 0 fully saturated rings. The molecule has 0 radical (unpaired) electrons. The molecule has 1 aromatic carbocycles. The summed E-state index contributed by atoms with van der Waals surface area (Å²) in [6, 6.07) is 3.06. The standard InChI is InChI=1S/C16H15ClF3N5/c1-3-10-7-22-15(24-10)12(14(21-2)16(18,19)20)8-4-9-6-23-25-13(9)11(17)5-8/h4-7,21H,3H2,1-2H3,(H,22,24)(H,23,25)/b14-12-. The lowest BCUT2D eigenvalue weighted by molar-refractivity contribution is -0.0953. The highest BCUT2D eigenvalue weighted by atomic mass is 35.5. The van der Waals surface area contributed by atoms with E-state index in [1.54, 1.807) is 6.07 Å². The number of nitrogens with zero attached hydrogens (tertiary/aromatic N) is 2. The van der Waals surface area contributed by atoms with Crippen molar-refractivity contribution in [1.29, 1.82) is 0 Å². The number of aryl methyl sites for hydroxylation is 1. The van der Waals surface area contributed by atoms with E-state index in [0.29, 0.717) is 17.3 Å². The Bertz CT molecular complexity index is 939. The first-order valence-corrected chi connectivity index (χ1v) is 7.89. The summed E-state index contributed by atoms with van der Waals surface area (Å²) < 4.78 is 40.7. The number of aromatic amines is 2. The van der Waals surface area contributed by atoms with Gasteiger partial charge in [0.2, 0.25) is 0 Å². The second kappa shape index (κ2) is 6.44. The van der Waals surface area contributed by atoms with Crippen LogP contribution in [0.4, 0.5) is 13.2 Å². The van der Waals surface area contributed by atoms with E-state index in [1.807, 2.05) is 6.92 Å². The topological polar surface area (TPSA) is 69.4 Å². The fourth-order valence-electron chi connectivity index (χ4n) is 2.63. The number of H-pyrrole nitrogens is 2. The molecule has 2 heterocycles. The molecule has 0 saturated carbocycles. The largest absolute Gasteiger partial charge is 0.431 e. The number of halogens is 4. The van der Waals surface area contributed by atoms with Gasteiger partial charge in [-0.2, -0.15) is 18.3 Å². The van der Waals surface area contributed by atoms with Gasteiger partial charge in [-0.1, -0.05) is 18.5 Å². The first kappa shape index (κ1) is 17.3. The van der Waals surface area contributed by atoms with Crippen molar-refractivity contribution in [2.45, 2.75) is 19.5 Å². The van der Waals surface area contributed by atoms with Crippen molar-refractivity contribution < 1.29 is 13.2 Å². The highest BCUT2D eigenvalue weighted by Gasteiger charge is 2.37. The molecule has 0 bridgehead atoms. The van der Waals surface area contributed by atoms with E-state index in [2.05, 4.69) is 25.5 Å². The average molecular weight is 370 g/mol. The summed E-state index contributed by atoms with van der Waals surface area (Å²) in [5, 5.41) is 9.75. The molecule has 2 aromatic heterocycles. The maximum absolute atomic E-state index is 13.6. The molecule has 0 spiro atoms. The second-order valence-electron chi connectivity index (χ2n) is 5.40. The molecule has 0 amide bonds. The van der Waals surface area contributed by atoms with Crippen LogP contribution in [0.15, 0.2) is 30.2 Å². The Labute approximate surface area is 146 Å². The van der Waals surface area contributed by atoms with Crippen LogP contribution in [0.2, 0.25) is 5.02 Å². The minimum Gasteiger partial charge on any atom is -0.383 e. The van der Waals surface area contributed by atoms with E-state index in [-0.39, 0.29) is 22.0 Å². The second-order valence-corrected chi connectivity index (χ2v) is 5.81. The van der Waals surface area contributed by atoms with E-state index in [1.165, 1.54) is 25.5 Å². The average Bonchev–Trinajstić information content (AvgIpc) is 3.20. The van der Waals surface area contributed by atoms with Gasteiger partial charge in [-0.3, -0.25) is 5.10 Å². The predicted molar refractivity (Wildman–Crippen MR) is 90.2 cm³/mol. The summed E-state index contributed by atoms with van der Waals surface area (Å²) in [5.41, 5.74) is 0.595. The van der Waals surface area contributed by atoms with Crippen LogP contribution in [-0.4, -0.2) is 33.4 Å². The van der Waals surface area contributed by atoms with Crippen LogP contribution in [0.3, 0.4) is 0 Å². The number of fused-ring (bicyclic) bond motifs is 1. The number of imidazole rings is 1. The van der Waals surface area contributed by atoms with Crippen LogP contribution in [-0.2, 0) is 6.42 Å². The summed E-state index contributed by atoms with van der Waals surface area (Å²) in [4.78, 5) is 7.06. The molecule has 0 atom stereocenters. The van der Waals surface area contributed by atoms with Gasteiger partial charge in [0, 0.05) is 24.3 Å². The number of nitrogens with one attached hydrogen (secondary N) is 3. The van der Waals surface area contributed by atoms with Gasteiger partial charge in [-0.15, -0.1) is 0 Å². The van der Waals surface area contributed by atoms with Crippen LogP contribution in [0.5, 0.6) is 0 Å². The molecular weight excluding hydrogens is 355 g/mol. The molecule has 25 heavy (non-hydrogen) atoms.